The van der Waals surface area contributed by atoms with Crippen LogP contribution in [0.5, 0.6) is 5.75 Å². The summed E-state index contributed by atoms with van der Waals surface area (Å²) >= 11 is 0. The smallest absolute Gasteiger partial charge is 0.265 e. The van der Waals surface area contributed by atoms with Gasteiger partial charge in [-0.3, -0.25) is 9.59 Å². The predicted octanol–water partition coefficient (Wildman–Crippen LogP) is 6.40. The van der Waals surface area contributed by atoms with E-state index in [0.717, 1.165) is 43.4 Å². The van der Waals surface area contributed by atoms with Crippen molar-refractivity contribution in [1.29, 1.82) is 0 Å². The third kappa shape index (κ3) is 6.16. The second kappa shape index (κ2) is 11.9. The SMILES string of the molecule is CCC(Oc1ccccc1C(C)CC)C(=O)Nc1ccccc1C(=O)N(C)C1CCCCC1. The number of carbonyl (C=O) groups excluding carboxylic acids is 2. The molecule has 1 fully saturated rings. The first kappa shape index (κ1) is 24.8. The standard InChI is InChI=1S/C28H38N2O3/c1-5-20(3)22-16-11-13-19-26(22)33-25(6-2)27(31)29-24-18-12-10-17-23(24)28(32)30(4)21-14-8-7-9-15-21/h10-13,16-21,25H,5-9,14-15H2,1-4H3,(H,29,31). The number of carbonyl (C=O) groups is 2. The van der Waals surface area contributed by atoms with E-state index in [-0.39, 0.29) is 17.9 Å². The molecule has 0 aromatic heterocycles. The molecule has 2 atom stereocenters. The van der Waals surface area contributed by atoms with E-state index in [1.165, 1.54) is 6.42 Å². The van der Waals surface area contributed by atoms with Gasteiger partial charge in [0.15, 0.2) is 6.10 Å². The minimum absolute atomic E-state index is 0.0473. The van der Waals surface area contributed by atoms with Crippen LogP contribution in [0.2, 0.25) is 0 Å². The van der Waals surface area contributed by atoms with Crippen molar-refractivity contribution >= 4 is 17.5 Å². The third-order valence-corrected chi connectivity index (χ3v) is 6.85. The Morgan fingerprint density at radius 2 is 1.67 bits per heavy atom. The number of ether oxygens (including phenoxy) is 1. The van der Waals surface area contributed by atoms with E-state index >= 15 is 0 Å². The summed E-state index contributed by atoms with van der Waals surface area (Å²) in [5.74, 6) is 0.802. The second-order valence-electron chi connectivity index (χ2n) is 9.10. The minimum atomic E-state index is -0.644. The average molecular weight is 451 g/mol. The molecule has 2 amide bonds. The van der Waals surface area contributed by atoms with Crippen molar-refractivity contribution in [2.45, 2.75) is 83.8 Å². The van der Waals surface area contributed by atoms with Gasteiger partial charge in [0.1, 0.15) is 5.75 Å². The Morgan fingerprint density at radius 1 is 1.00 bits per heavy atom. The average Bonchev–Trinajstić information content (AvgIpc) is 2.86. The van der Waals surface area contributed by atoms with Crippen LogP contribution < -0.4 is 10.1 Å². The highest BCUT2D eigenvalue weighted by atomic mass is 16.5. The van der Waals surface area contributed by atoms with E-state index in [1.54, 1.807) is 12.1 Å². The first-order valence-corrected chi connectivity index (χ1v) is 12.4. The number of rotatable bonds is 9. The van der Waals surface area contributed by atoms with Crippen LogP contribution in [-0.2, 0) is 4.79 Å². The van der Waals surface area contributed by atoms with Crippen LogP contribution >= 0.6 is 0 Å². The summed E-state index contributed by atoms with van der Waals surface area (Å²) in [5, 5.41) is 2.97. The van der Waals surface area contributed by atoms with Crippen molar-refractivity contribution in [1.82, 2.24) is 4.90 Å². The zero-order valence-corrected chi connectivity index (χ0v) is 20.5. The Morgan fingerprint density at radius 3 is 2.36 bits per heavy atom. The Balaban J connectivity index is 1.75. The number of nitrogens with zero attached hydrogens (tertiary/aromatic N) is 1. The molecule has 0 spiro atoms. The molecule has 0 aliphatic heterocycles. The van der Waals surface area contributed by atoms with Gasteiger partial charge in [-0.25, -0.2) is 0 Å². The zero-order chi connectivity index (χ0) is 23.8. The van der Waals surface area contributed by atoms with Gasteiger partial charge in [0.25, 0.3) is 11.8 Å². The Bertz CT molecular complexity index is 936. The maximum Gasteiger partial charge on any atom is 0.265 e. The van der Waals surface area contributed by atoms with E-state index < -0.39 is 6.10 Å². The molecule has 1 aliphatic carbocycles. The summed E-state index contributed by atoms with van der Waals surface area (Å²) in [6.07, 6.45) is 6.52. The molecule has 178 valence electrons. The van der Waals surface area contributed by atoms with Crippen molar-refractivity contribution < 1.29 is 14.3 Å². The molecular formula is C28H38N2O3. The fourth-order valence-corrected chi connectivity index (χ4v) is 4.51. The number of nitrogens with one attached hydrogen (secondary N) is 1. The predicted molar refractivity (Wildman–Crippen MR) is 134 cm³/mol. The van der Waals surface area contributed by atoms with E-state index in [0.29, 0.717) is 23.6 Å². The first-order valence-electron chi connectivity index (χ1n) is 12.4. The van der Waals surface area contributed by atoms with Gasteiger partial charge in [0.05, 0.1) is 11.3 Å². The Hall–Kier alpha value is -2.82. The van der Waals surface area contributed by atoms with Crippen LogP contribution in [0.25, 0.3) is 0 Å². The van der Waals surface area contributed by atoms with Gasteiger partial charge >= 0.3 is 0 Å². The molecule has 2 aromatic carbocycles. The summed E-state index contributed by atoms with van der Waals surface area (Å²) in [6, 6.07) is 15.4. The van der Waals surface area contributed by atoms with E-state index in [1.807, 2.05) is 49.2 Å². The quantitative estimate of drug-likeness (QED) is 0.481. The summed E-state index contributed by atoms with van der Waals surface area (Å²) in [6.45, 7) is 6.24. The van der Waals surface area contributed by atoms with Gasteiger partial charge in [-0.1, -0.05) is 70.4 Å². The molecular weight excluding hydrogens is 412 g/mol. The number of hydrogen-bond acceptors (Lipinski definition) is 3. The van der Waals surface area contributed by atoms with Gasteiger partial charge in [-0.15, -0.1) is 0 Å². The van der Waals surface area contributed by atoms with Crippen molar-refractivity contribution in [3.05, 3.63) is 59.7 Å². The highest BCUT2D eigenvalue weighted by molar-refractivity contribution is 6.04. The van der Waals surface area contributed by atoms with Crippen LogP contribution in [0, 0.1) is 0 Å². The normalized spacial score (nSPS) is 16.0. The van der Waals surface area contributed by atoms with Crippen LogP contribution in [0.4, 0.5) is 5.69 Å². The Labute approximate surface area is 198 Å². The van der Waals surface area contributed by atoms with E-state index in [2.05, 4.69) is 25.2 Å². The largest absolute Gasteiger partial charge is 0.480 e. The molecule has 0 heterocycles. The summed E-state index contributed by atoms with van der Waals surface area (Å²) < 4.78 is 6.19. The monoisotopic (exact) mass is 450 g/mol. The van der Waals surface area contributed by atoms with Gasteiger partial charge in [-0.2, -0.15) is 0 Å². The highest BCUT2D eigenvalue weighted by Crippen LogP contribution is 2.30. The van der Waals surface area contributed by atoms with Crippen LogP contribution in [-0.4, -0.2) is 35.9 Å². The lowest BCUT2D eigenvalue weighted by Gasteiger charge is -2.31. The van der Waals surface area contributed by atoms with Crippen molar-refractivity contribution in [3.8, 4) is 5.75 Å². The number of benzene rings is 2. The lowest BCUT2D eigenvalue weighted by Crippen LogP contribution is -2.39. The summed E-state index contributed by atoms with van der Waals surface area (Å²) in [4.78, 5) is 28.3. The maximum atomic E-state index is 13.3. The molecule has 1 aliphatic rings. The second-order valence-corrected chi connectivity index (χ2v) is 9.10. The topological polar surface area (TPSA) is 58.6 Å². The Kier molecular flexibility index (Phi) is 8.93. The number of hydrogen-bond donors (Lipinski definition) is 1. The summed E-state index contributed by atoms with van der Waals surface area (Å²) in [5.41, 5.74) is 2.16. The molecule has 0 saturated heterocycles. The lowest BCUT2D eigenvalue weighted by molar-refractivity contribution is -0.122. The minimum Gasteiger partial charge on any atom is -0.480 e. The highest BCUT2D eigenvalue weighted by Gasteiger charge is 2.26. The van der Waals surface area contributed by atoms with Gasteiger partial charge in [-0.05, 0) is 55.4 Å². The molecule has 2 unspecified atom stereocenters. The maximum absolute atomic E-state index is 13.3. The van der Waals surface area contributed by atoms with E-state index in [4.69, 9.17) is 4.74 Å². The third-order valence-electron chi connectivity index (χ3n) is 6.85. The molecule has 5 heteroatoms. The van der Waals surface area contributed by atoms with Crippen molar-refractivity contribution in [2.75, 3.05) is 12.4 Å². The van der Waals surface area contributed by atoms with Crippen molar-refractivity contribution in [2.24, 2.45) is 0 Å². The van der Waals surface area contributed by atoms with Crippen LogP contribution in [0.3, 0.4) is 0 Å². The van der Waals surface area contributed by atoms with Crippen molar-refractivity contribution in [3.63, 3.8) is 0 Å². The number of amides is 2. The number of para-hydroxylation sites is 2. The molecule has 33 heavy (non-hydrogen) atoms. The molecule has 1 saturated carbocycles. The first-order chi connectivity index (χ1) is 16.0. The van der Waals surface area contributed by atoms with Gasteiger partial charge < -0.3 is 15.0 Å². The number of anilines is 1. The molecule has 2 aromatic rings. The molecule has 0 radical (unpaired) electrons. The molecule has 5 nitrogen and oxygen atoms in total. The van der Waals surface area contributed by atoms with Gasteiger partial charge in [0, 0.05) is 13.1 Å². The molecule has 0 bridgehead atoms. The molecule has 3 rings (SSSR count). The zero-order valence-electron chi connectivity index (χ0n) is 20.5. The fraction of sp³-hybridized carbons (Fsp3) is 0.500. The van der Waals surface area contributed by atoms with Crippen LogP contribution in [0.15, 0.2) is 48.5 Å². The van der Waals surface area contributed by atoms with Crippen LogP contribution in [0.1, 0.15) is 87.6 Å². The molecule has 1 N–H and O–H groups in total. The summed E-state index contributed by atoms with van der Waals surface area (Å²) in [7, 11) is 1.88. The lowest BCUT2D eigenvalue weighted by atomic mass is 9.94. The van der Waals surface area contributed by atoms with E-state index in [9.17, 15) is 9.59 Å². The fourth-order valence-electron chi connectivity index (χ4n) is 4.51. The van der Waals surface area contributed by atoms with Gasteiger partial charge in [0.2, 0.25) is 0 Å².